The monoisotopic (exact) mass is 350 g/mol. The molecule has 1 saturated heterocycles. The predicted octanol–water partition coefficient (Wildman–Crippen LogP) is -0.966. The normalized spacial score (nSPS) is 32.2. The second-order valence-corrected chi connectivity index (χ2v) is 6.04. The van der Waals surface area contributed by atoms with E-state index in [9.17, 15) is 30.0 Å². The number of aliphatic hydroxyl groups is 4. The summed E-state index contributed by atoms with van der Waals surface area (Å²) in [6.07, 6.45) is -5.82. The van der Waals surface area contributed by atoms with Gasteiger partial charge in [-0.1, -0.05) is 6.07 Å². The van der Waals surface area contributed by atoms with Gasteiger partial charge < -0.3 is 29.9 Å². The van der Waals surface area contributed by atoms with Gasteiger partial charge in [-0.05, 0) is 36.3 Å². The maximum atomic E-state index is 12.0. The van der Waals surface area contributed by atoms with Crippen LogP contribution in [0.1, 0.15) is 22.8 Å². The lowest BCUT2D eigenvalue weighted by molar-refractivity contribution is -0.277. The Hall–Kier alpha value is -2.10. The van der Waals surface area contributed by atoms with Crippen LogP contribution in [0.3, 0.4) is 0 Å². The van der Waals surface area contributed by atoms with Crippen molar-refractivity contribution in [3.63, 3.8) is 0 Å². The van der Waals surface area contributed by atoms with Crippen LogP contribution in [0.5, 0.6) is 5.75 Å². The first-order valence-electron chi connectivity index (χ1n) is 7.72. The number of carbonyl (C=O) groups excluding carboxylic acids is 2. The van der Waals surface area contributed by atoms with Gasteiger partial charge in [0, 0.05) is 5.56 Å². The topological polar surface area (TPSA) is 134 Å². The average molecular weight is 350 g/mol. The number of allylic oxidation sites excluding steroid dienone is 2. The molecule has 1 aliphatic carbocycles. The van der Waals surface area contributed by atoms with Gasteiger partial charge in [0.05, 0.1) is 6.61 Å². The van der Waals surface area contributed by atoms with E-state index in [-0.39, 0.29) is 11.3 Å². The van der Waals surface area contributed by atoms with Gasteiger partial charge in [0.2, 0.25) is 17.9 Å². The summed E-state index contributed by atoms with van der Waals surface area (Å²) in [5.74, 6) is -1.16. The largest absolute Gasteiger partial charge is 0.462 e. The van der Waals surface area contributed by atoms with Gasteiger partial charge in [-0.25, -0.2) is 0 Å². The predicted molar refractivity (Wildman–Crippen MR) is 83.8 cm³/mol. The van der Waals surface area contributed by atoms with Gasteiger partial charge >= 0.3 is 0 Å². The van der Waals surface area contributed by atoms with E-state index in [0.717, 1.165) is 0 Å². The van der Waals surface area contributed by atoms with E-state index in [4.69, 9.17) is 9.47 Å². The number of hydrogen-bond donors (Lipinski definition) is 4. The molecule has 3 rings (SSSR count). The Morgan fingerprint density at radius 1 is 1.08 bits per heavy atom. The van der Waals surface area contributed by atoms with Crippen molar-refractivity contribution in [2.75, 3.05) is 6.61 Å². The molecule has 1 aromatic rings. The minimum atomic E-state index is -1.57. The van der Waals surface area contributed by atoms with Crippen molar-refractivity contribution in [1.29, 1.82) is 0 Å². The van der Waals surface area contributed by atoms with Crippen LogP contribution < -0.4 is 4.74 Å². The molecular formula is C17H18O8. The van der Waals surface area contributed by atoms with Crippen LogP contribution in [0.4, 0.5) is 0 Å². The molecule has 0 unspecified atom stereocenters. The molecule has 8 nitrogen and oxygen atoms in total. The van der Waals surface area contributed by atoms with Crippen molar-refractivity contribution in [2.24, 2.45) is 0 Å². The first kappa shape index (κ1) is 17.7. The Morgan fingerprint density at radius 3 is 2.48 bits per heavy atom. The van der Waals surface area contributed by atoms with E-state index in [1.165, 1.54) is 18.2 Å². The molecule has 4 N–H and O–H groups in total. The summed E-state index contributed by atoms with van der Waals surface area (Å²) in [6, 6.07) is 4.49. The zero-order chi connectivity index (χ0) is 18.3. The summed E-state index contributed by atoms with van der Waals surface area (Å²) in [5, 5.41) is 38.7. The summed E-state index contributed by atoms with van der Waals surface area (Å²) < 4.78 is 10.7. The number of carbonyl (C=O) groups is 2. The first-order valence-corrected chi connectivity index (χ1v) is 7.72. The van der Waals surface area contributed by atoms with Crippen LogP contribution >= 0.6 is 0 Å². The lowest BCUT2D eigenvalue weighted by Crippen LogP contribution is -2.60. The summed E-state index contributed by atoms with van der Waals surface area (Å²) >= 11 is 0. The zero-order valence-electron chi connectivity index (χ0n) is 13.3. The van der Waals surface area contributed by atoms with E-state index in [1.54, 1.807) is 13.0 Å². The van der Waals surface area contributed by atoms with Crippen LogP contribution in [0.25, 0.3) is 5.57 Å². The fraction of sp³-hybridized carbons (Fsp3) is 0.412. The molecule has 8 heteroatoms. The Balaban J connectivity index is 1.86. The number of fused-ring (bicyclic) bond motifs is 1. The van der Waals surface area contributed by atoms with Crippen LogP contribution in [0, 0.1) is 0 Å². The quantitative estimate of drug-likeness (QED) is 0.512. The van der Waals surface area contributed by atoms with Crippen LogP contribution in [-0.2, 0) is 9.53 Å². The molecule has 1 aromatic carbocycles. The van der Waals surface area contributed by atoms with E-state index in [1.807, 2.05) is 0 Å². The number of ketones is 2. The Morgan fingerprint density at radius 2 is 1.80 bits per heavy atom. The highest BCUT2D eigenvalue weighted by Gasteiger charge is 2.44. The molecule has 0 bridgehead atoms. The molecule has 0 aromatic heterocycles. The van der Waals surface area contributed by atoms with Gasteiger partial charge in [-0.2, -0.15) is 0 Å². The summed E-state index contributed by atoms with van der Waals surface area (Å²) in [6.45, 7) is 1.13. The minimum Gasteiger partial charge on any atom is -0.462 e. The second-order valence-electron chi connectivity index (χ2n) is 6.04. The number of aliphatic hydroxyl groups excluding tert-OH is 4. The van der Waals surface area contributed by atoms with Crippen LogP contribution in [0.2, 0.25) is 0 Å². The molecule has 1 fully saturated rings. The summed E-state index contributed by atoms with van der Waals surface area (Å²) in [7, 11) is 0. The number of Topliss-reactive ketones (excluding diaryl/α,β-unsaturated/α-hetero) is 1. The van der Waals surface area contributed by atoms with Gasteiger partial charge in [0.1, 0.15) is 30.2 Å². The van der Waals surface area contributed by atoms with Crippen molar-refractivity contribution in [3.8, 4) is 5.75 Å². The fourth-order valence-electron chi connectivity index (χ4n) is 2.90. The molecular weight excluding hydrogens is 332 g/mol. The van der Waals surface area contributed by atoms with E-state index >= 15 is 0 Å². The van der Waals surface area contributed by atoms with Crippen molar-refractivity contribution < 1.29 is 39.5 Å². The van der Waals surface area contributed by atoms with Crippen LogP contribution in [-0.4, -0.2) is 69.3 Å². The molecule has 0 amide bonds. The third-order valence-corrected chi connectivity index (χ3v) is 4.33. The molecule has 0 saturated carbocycles. The summed E-state index contributed by atoms with van der Waals surface area (Å²) in [5.41, 5.74) is 1.43. The fourth-order valence-corrected chi connectivity index (χ4v) is 2.90. The maximum absolute atomic E-state index is 12.0. The molecule has 2 aliphatic rings. The van der Waals surface area contributed by atoms with Gasteiger partial charge in [0.15, 0.2) is 0 Å². The highest BCUT2D eigenvalue weighted by Crippen LogP contribution is 2.30. The first-order chi connectivity index (χ1) is 11.8. The van der Waals surface area contributed by atoms with Crippen molar-refractivity contribution in [3.05, 3.63) is 35.4 Å². The minimum absolute atomic E-state index is 0.138. The second kappa shape index (κ2) is 6.66. The Bertz CT molecular complexity index is 738. The molecule has 1 heterocycles. The standard InChI is InChI=1S/C17H18O8/c1-7-4-11(19)13(20)10-5-8(2-3-9(7)10)24-17-16(23)15(22)14(21)12(6-18)25-17/h2-5,12,14-18,21-23H,6H2,1H3/t12-,14-,15+,16-,17-/m1/s1. The van der Waals surface area contributed by atoms with Crippen LogP contribution in [0.15, 0.2) is 24.3 Å². The summed E-state index contributed by atoms with van der Waals surface area (Å²) in [4.78, 5) is 23.7. The molecule has 134 valence electrons. The average Bonchev–Trinajstić information content (AvgIpc) is 2.60. The number of hydrogen-bond acceptors (Lipinski definition) is 8. The Kier molecular flexibility index (Phi) is 4.72. The molecule has 1 aliphatic heterocycles. The molecule has 0 spiro atoms. The lowest BCUT2D eigenvalue weighted by Gasteiger charge is -2.39. The SMILES string of the molecule is CC1=CC(=O)C(=O)c2cc(O[C@@H]3O[C@H](CO)[C@@H](O)[C@H](O)[C@H]3O)ccc21. The highest BCUT2D eigenvalue weighted by atomic mass is 16.7. The smallest absolute Gasteiger partial charge is 0.233 e. The van der Waals surface area contributed by atoms with E-state index < -0.39 is 48.9 Å². The van der Waals surface area contributed by atoms with Gasteiger partial charge in [0.25, 0.3) is 0 Å². The Labute approximate surface area is 142 Å². The molecule has 0 radical (unpaired) electrons. The van der Waals surface area contributed by atoms with E-state index in [0.29, 0.717) is 11.1 Å². The number of benzene rings is 1. The number of ether oxygens (including phenoxy) is 2. The highest BCUT2D eigenvalue weighted by molar-refractivity contribution is 6.50. The van der Waals surface area contributed by atoms with Gasteiger partial charge in [-0.3, -0.25) is 9.59 Å². The molecule has 5 atom stereocenters. The van der Waals surface area contributed by atoms with E-state index in [2.05, 4.69) is 0 Å². The van der Waals surface area contributed by atoms with Crippen molar-refractivity contribution >= 4 is 17.1 Å². The van der Waals surface area contributed by atoms with Crippen molar-refractivity contribution in [2.45, 2.75) is 37.6 Å². The van der Waals surface area contributed by atoms with Crippen molar-refractivity contribution in [1.82, 2.24) is 0 Å². The third-order valence-electron chi connectivity index (χ3n) is 4.33. The molecule has 25 heavy (non-hydrogen) atoms. The number of rotatable bonds is 3. The zero-order valence-corrected chi connectivity index (χ0v) is 13.3. The maximum Gasteiger partial charge on any atom is 0.233 e. The third kappa shape index (κ3) is 3.10. The van der Waals surface area contributed by atoms with Gasteiger partial charge in [-0.15, -0.1) is 0 Å². The lowest BCUT2D eigenvalue weighted by atomic mass is 9.90.